The number of carbonyl (C=O) groups is 3. The molecule has 0 aliphatic rings. The topological polar surface area (TPSA) is 97.6 Å². The van der Waals surface area contributed by atoms with Crippen molar-refractivity contribution in [3.8, 4) is 0 Å². The Balaban J connectivity index is 2.24. The number of ether oxygens (including phenoxy) is 1. The maximum Gasteiger partial charge on any atom is 0.331 e. The third kappa shape index (κ3) is 7.63. The molecule has 0 saturated heterocycles. The van der Waals surface area contributed by atoms with Gasteiger partial charge in [0.25, 0.3) is 5.91 Å². The van der Waals surface area contributed by atoms with Gasteiger partial charge in [-0.2, -0.15) is 0 Å². The number of halogens is 1. The van der Waals surface area contributed by atoms with Gasteiger partial charge in [0, 0.05) is 12.1 Å². The molecule has 8 heteroatoms. The molecule has 0 radical (unpaired) electrons. The van der Waals surface area contributed by atoms with Crippen LogP contribution >= 0.6 is 15.9 Å². The average Bonchev–Trinajstić information content (AvgIpc) is 2.85. The minimum absolute atomic E-state index is 0.00555. The van der Waals surface area contributed by atoms with Crippen molar-refractivity contribution in [3.63, 3.8) is 0 Å². The fourth-order valence-electron chi connectivity index (χ4n) is 1.36. The number of rotatable bonds is 7. The number of nitrogens with one attached hydrogen (secondary N) is 2. The smallest absolute Gasteiger partial charge is 0.331 e. The molecule has 2 amide bonds. The Morgan fingerprint density at radius 2 is 2.05 bits per heavy atom. The fraction of sp³-hybridized carbons (Fsp3) is 0.357. The van der Waals surface area contributed by atoms with E-state index in [0.29, 0.717) is 10.4 Å². The van der Waals surface area contributed by atoms with Crippen LogP contribution in [0.5, 0.6) is 0 Å². The zero-order valence-corrected chi connectivity index (χ0v) is 13.8. The molecule has 1 aromatic rings. The van der Waals surface area contributed by atoms with E-state index in [9.17, 15) is 14.4 Å². The summed E-state index contributed by atoms with van der Waals surface area (Å²) in [7, 11) is 0. The van der Waals surface area contributed by atoms with Crippen LogP contribution in [-0.2, 0) is 19.1 Å². The Labute approximate surface area is 136 Å². The Bertz CT molecular complexity index is 565. The lowest BCUT2D eigenvalue weighted by Crippen LogP contribution is -2.41. The fourth-order valence-corrected chi connectivity index (χ4v) is 1.67. The van der Waals surface area contributed by atoms with E-state index in [0.717, 1.165) is 6.08 Å². The molecular weight excluding hydrogens is 356 g/mol. The molecule has 0 saturated carbocycles. The normalized spacial score (nSPS) is 10.7. The van der Waals surface area contributed by atoms with Crippen molar-refractivity contribution in [1.29, 1.82) is 0 Å². The Hall–Kier alpha value is -2.09. The summed E-state index contributed by atoms with van der Waals surface area (Å²) >= 11 is 3.13. The molecule has 120 valence electrons. The molecule has 0 spiro atoms. The molecule has 22 heavy (non-hydrogen) atoms. The van der Waals surface area contributed by atoms with E-state index in [1.54, 1.807) is 12.1 Å². The molecule has 7 nitrogen and oxygen atoms in total. The highest BCUT2D eigenvalue weighted by Gasteiger charge is 2.08. The maximum atomic E-state index is 11.4. The quantitative estimate of drug-likeness (QED) is 0.554. The first-order valence-corrected chi connectivity index (χ1v) is 7.32. The van der Waals surface area contributed by atoms with Gasteiger partial charge in [-0.25, -0.2) is 4.79 Å². The van der Waals surface area contributed by atoms with Crippen molar-refractivity contribution < 1.29 is 23.5 Å². The van der Waals surface area contributed by atoms with E-state index in [4.69, 9.17) is 9.15 Å². The van der Waals surface area contributed by atoms with Gasteiger partial charge < -0.3 is 19.8 Å². The molecule has 0 unspecified atom stereocenters. The van der Waals surface area contributed by atoms with Crippen LogP contribution in [0.2, 0.25) is 0 Å². The standard InChI is InChI=1S/C14H17BrN2O5/c1-9(2)17-12(18)7-16-13(19)8-21-14(20)6-4-10-3-5-11(15)22-10/h3-6,9H,7-8H2,1-2H3,(H,16,19)(H,17,18)/b6-4+. The van der Waals surface area contributed by atoms with Crippen molar-refractivity contribution in [1.82, 2.24) is 10.6 Å². The van der Waals surface area contributed by atoms with E-state index in [1.807, 2.05) is 13.8 Å². The van der Waals surface area contributed by atoms with E-state index < -0.39 is 18.5 Å². The summed E-state index contributed by atoms with van der Waals surface area (Å²) in [6.07, 6.45) is 2.56. The number of amides is 2. The summed E-state index contributed by atoms with van der Waals surface area (Å²) in [6.45, 7) is 3.00. The van der Waals surface area contributed by atoms with Gasteiger partial charge in [-0.15, -0.1) is 0 Å². The summed E-state index contributed by atoms with van der Waals surface area (Å²) in [4.78, 5) is 34.1. The van der Waals surface area contributed by atoms with E-state index >= 15 is 0 Å². The van der Waals surface area contributed by atoms with E-state index in [2.05, 4.69) is 26.6 Å². The summed E-state index contributed by atoms with van der Waals surface area (Å²) in [5, 5.41) is 4.96. The highest BCUT2D eigenvalue weighted by Crippen LogP contribution is 2.14. The van der Waals surface area contributed by atoms with Crippen molar-refractivity contribution in [2.75, 3.05) is 13.2 Å². The number of esters is 1. The van der Waals surface area contributed by atoms with Crippen LogP contribution in [0, 0.1) is 0 Å². The van der Waals surface area contributed by atoms with Gasteiger partial charge in [0.2, 0.25) is 5.91 Å². The van der Waals surface area contributed by atoms with Gasteiger partial charge >= 0.3 is 5.97 Å². The van der Waals surface area contributed by atoms with Crippen LogP contribution in [0.1, 0.15) is 19.6 Å². The Morgan fingerprint density at radius 1 is 1.32 bits per heavy atom. The zero-order chi connectivity index (χ0) is 16.5. The summed E-state index contributed by atoms with van der Waals surface area (Å²) in [6, 6.07) is 3.34. The van der Waals surface area contributed by atoms with Crippen molar-refractivity contribution in [2.24, 2.45) is 0 Å². The first-order chi connectivity index (χ1) is 10.4. The number of carbonyl (C=O) groups excluding carboxylic acids is 3. The summed E-state index contributed by atoms with van der Waals surface area (Å²) < 4.78 is 10.4. The van der Waals surface area contributed by atoms with Gasteiger partial charge in [-0.1, -0.05) is 0 Å². The molecule has 1 rings (SSSR count). The molecule has 0 aliphatic heterocycles. The van der Waals surface area contributed by atoms with Crippen molar-refractivity contribution in [3.05, 3.63) is 28.6 Å². The lowest BCUT2D eigenvalue weighted by atomic mass is 10.4. The Kier molecular flexibility index (Phi) is 7.38. The van der Waals surface area contributed by atoms with Crippen LogP contribution in [-0.4, -0.2) is 37.0 Å². The van der Waals surface area contributed by atoms with Crippen LogP contribution in [0.25, 0.3) is 6.08 Å². The molecule has 2 N–H and O–H groups in total. The van der Waals surface area contributed by atoms with Gasteiger partial charge in [0.05, 0.1) is 6.54 Å². The predicted octanol–water partition coefficient (Wildman–Crippen LogP) is 1.24. The third-order valence-electron chi connectivity index (χ3n) is 2.22. The van der Waals surface area contributed by atoms with Crippen molar-refractivity contribution >= 4 is 39.8 Å². The SMILES string of the molecule is CC(C)NC(=O)CNC(=O)COC(=O)/C=C/c1ccc(Br)o1. The summed E-state index contributed by atoms with van der Waals surface area (Å²) in [5.74, 6) is -1.08. The minimum atomic E-state index is -0.686. The Morgan fingerprint density at radius 3 is 2.64 bits per heavy atom. The first-order valence-electron chi connectivity index (χ1n) is 6.53. The molecular formula is C14H17BrN2O5. The second-order valence-corrected chi connectivity index (χ2v) is 5.36. The number of hydrogen-bond donors (Lipinski definition) is 2. The van der Waals surface area contributed by atoms with Crippen LogP contribution in [0.3, 0.4) is 0 Å². The number of furan rings is 1. The molecule has 0 aliphatic carbocycles. The van der Waals surface area contributed by atoms with Gasteiger partial charge in [-0.3, -0.25) is 9.59 Å². The molecule has 0 atom stereocenters. The van der Waals surface area contributed by atoms with E-state index in [-0.39, 0.29) is 18.5 Å². The van der Waals surface area contributed by atoms with Gasteiger partial charge in [0.15, 0.2) is 11.3 Å². The second-order valence-electron chi connectivity index (χ2n) is 4.58. The zero-order valence-electron chi connectivity index (χ0n) is 12.2. The van der Waals surface area contributed by atoms with Crippen LogP contribution < -0.4 is 10.6 Å². The summed E-state index contributed by atoms with van der Waals surface area (Å²) in [5.41, 5.74) is 0. The molecule has 0 fully saturated rings. The minimum Gasteiger partial charge on any atom is -0.452 e. The lowest BCUT2D eigenvalue weighted by molar-refractivity contribution is -0.143. The van der Waals surface area contributed by atoms with Gasteiger partial charge in [0.1, 0.15) is 5.76 Å². The third-order valence-corrected chi connectivity index (χ3v) is 2.65. The monoisotopic (exact) mass is 372 g/mol. The highest BCUT2D eigenvalue weighted by molar-refractivity contribution is 9.10. The molecule has 1 heterocycles. The highest BCUT2D eigenvalue weighted by atomic mass is 79.9. The first kappa shape index (κ1) is 18.0. The van der Waals surface area contributed by atoms with E-state index in [1.165, 1.54) is 6.08 Å². The predicted molar refractivity (Wildman–Crippen MR) is 82.7 cm³/mol. The largest absolute Gasteiger partial charge is 0.452 e. The maximum absolute atomic E-state index is 11.4. The average molecular weight is 373 g/mol. The van der Waals surface area contributed by atoms with Crippen LogP contribution in [0.15, 0.2) is 27.3 Å². The van der Waals surface area contributed by atoms with Crippen molar-refractivity contribution in [2.45, 2.75) is 19.9 Å². The van der Waals surface area contributed by atoms with Gasteiger partial charge in [-0.05, 0) is 48.0 Å². The molecule has 0 bridgehead atoms. The molecule has 1 aromatic heterocycles. The van der Waals surface area contributed by atoms with Crippen LogP contribution in [0.4, 0.5) is 0 Å². The lowest BCUT2D eigenvalue weighted by Gasteiger charge is -2.09. The second kappa shape index (κ2) is 9.04. The number of hydrogen-bond acceptors (Lipinski definition) is 5. The molecule has 0 aromatic carbocycles.